The van der Waals surface area contributed by atoms with E-state index in [9.17, 15) is 9.90 Å². The van der Waals surface area contributed by atoms with Crippen molar-refractivity contribution in [1.29, 1.82) is 0 Å². The van der Waals surface area contributed by atoms with E-state index in [1.807, 2.05) is 0 Å². The highest BCUT2D eigenvalue weighted by Gasteiger charge is 2.50. The van der Waals surface area contributed by atoms with E-state index >= 15 is 0 Å². The van der Waals surface area contributed by atoms with Crippen LogP contribution in [0.4, 0.5) is 11.4 Å². The number of anilines is 2. The van der Waals surface area contributed by atoms with Crippen molar-refractivity contribution in [2.45, 2.75) is 12.8 Å². The maximum absolute atomic E-state index is 11.8. The zero-order valence-electron chi connectivity index (χ0n) is 8.21. The van der Waals surface area contributed by atoms with E-state index in [1.165, 1.54) is 0 Å². The van der Waals surface area contributed by atoms with Crippen LogP contribution in [-0.2, 0) is 4.79 Å². The fourth-order valence-corrected chi connectivity index (χ4v) is 1.94. The van der Waals surface area contributed by atoms with Crippen molar-refractivity contribution in [2.75, 3.05) is 17.2 Å². The molecule has 1 amide bonds. The first-order chi connectivity index (χ1) is 7.20. The largest absolute Gasteiger partial charge is 0.508 e. The minimum absolute atomic E-state index is 0.0688. The molecule has 3 rings (SSSR count). The first-order valence-electron chi connectivity index (χ1n) is 5.08. The molecule has 78 valence electrons. The first kappa shape index (κ1) is 8.59. The smallest absolute Gasteiger partial charge is 0.232 e. The van der Waals surface area contributed by atoms with Crippen LogP contribution in [0.3, 0.4) is 0 Å². The molecule has 1 spiro atoms. The van der Waals surface area contributed by atoms with E-state index in [1.54, 1.807) is 18.2 Å². The van der Waals surface area contributed by atoms with Crippen LogP contribution in [-0.4, -0.2) is 17.6 Å². The molecule has 1 saturated carbocycles. The van der Waals surface area contributed by atoms with Gasteiger partial charge >= 0.3 is 0 Å². The fraction of sp³-hybridized carbons (Fsp3) is 0.364. The Morgan fingerprint density at radius 2 is 2.07 bits per heavy atom. The van der Waals surface area contributed by atoms with Crippen molar-refractivity contribution in [3.05, 3.63) is 18.2 Å². The fourth-order valence-electron chi connectivity index (χ4n) is 1.94. The lowest BCUT2D eigenvalue weighted by molar-refractivity contribution is -0.120. The molecule has 0 unspecified atom stereocenters. The van der Waals surface area contributed by atoms with Crippen LogP contribution in [0.1, 0.15) is 12.8 Å². The summed E-state index contributed by atoms with van der Waals surface area (Å²) in [5, 5.41) is 15.4. The molecule has 0 atom stereocenters. The quantitative estimate of drug-likeness (QED) is 0.562. The second-order valence-electron chi connectivity index (χ2n) is 4.32. The minimum atomic E-state index is -0.200. The lowest BCUT2D eigenvalue weighted by atomic mass is 10.1. The third-order valence-electron chi connectivity index (χ3n) is 3.20. The lowest BCUT2D eigenvalue weighted by Gasteiger charge is -2.08. The van der Waals surface area contributed by atoms with Crippen LogP contribution < -0.4 is 10.6 Å². The van der Waals surface area contributed by atoms with E-state index in [2.05, 4.69) is 10.6 Å². The first-order valence-corrected chi connectivity index (χ1v) is 5.08. The lowest BCUT2D eigenvalue weighted by Crippen LogP contribution is -2.27. The van der Waals surface area contributed by atoms with Gasteiger partial charge in [-0.1, -0.05) is 0 Å². The summed E-state index contributed by atoms with van der Waals surface area (Å²) in [5.41, 5.74) is 1.35. The number of carbonyl (C=O) groups is 1. The number of benzene rings is 1. The Morgan fingerprint density at radius 1 is 1.27 bits per heavy atom. The molecule has 3 N–H and O–H groups in total. The van der Waals surface area contributed by atoms with Crippen molar-refractivity contribution >= 4 is 17.3 Å². The molecule has 1 aliphatic heterocycles. The van der Waals surface area contributed by atoms with E-state index in [0.29, 0.717) is 12.2 Å². The molecule has 0 saturated heterocycles. The molecule has 0 aromatic heterocycles. The summed E-state index contributed by atoms with van der Waals surface area (Å²) in [7, 11) is 0. The normalized spacial score (nSPS) is 21.2. The highest BCUT2D eigenvalue weighted by Crippen LogP contribution is 2.48. The van der Waals surface area contributed by atoms with Gasteiger partial charge in [-0.25, -0.2) is 0 Å². The summed E-state index contributed by atoms with van der Waals surface area (Å²) < 4.78 is 0. The van der Waals surface area contributed by atoms with Gasteiger partial charge in [0.1, 0.15) is 5.75 Å². The molecule has 2 aliphatic rings. The number of amides is 1. The monoisotopic (exact) mass is 204 g/mol. The highest BCUT2D eigenvalue weighted by atomic mass is 16.3. The Labute approximate surface area is 87.3 Å². The van der Waals surface area contributed by atoms with Gasteiger partial charge in [-0.15, -0.1) is 0 Å². The van der Waals surface area contributed by atoms with Gasteiger partial charge in [-0.2, -0.15) is 0 Å². The summed E-state index contributed by atoms with van der Waals surface area (Å²) >= 11 is 0. The second-order valence-corrected chi connectivity index (χ2v) is 4.32. The van der Waals surface area contributed by atoms with Crippen molar-refractivity contribution in [2.24, 2.45) is 5.41 Å². The Morgan fingerprint density at radius 3 is 2.80 bits per heavy atom. The maximum Gasteiger partial charge on any atom is 0.232 e. The molecule has 0 bridgehead atoms. The number of rotatable bonds is 0. The zero-order chi connectivity index (χ0) is 10.5. The number of hydrogen-bond donors (Lipinski definition) is 3. The Kier molecular flexibility index (Phi) is 1.52. The van der Waals surface area contributed by atoms with Crippen molar-refractivity contribution < 1.29 is 9.90 Å². The highest BCUT2D eigenvalue weighted by molar-refractivity contribution is 6.01. The van der Waals surface area contributed by atoms with Gasteiger partial charge < -0.3 is 15.7 Å². The molecular weight excluding hydrogens is 192 g/mol. The number of aromatic hydroxyl groups is 1. The van der Waals surface area contributed by atoms with Gasteiger partial charge in [0.15, 0.2) is 0 Å². The predicted octanol–water partition coefficient (Wildman–Crippen LogP) is 1.54. The average molecular weight is 204 g/mol. The van der Waals surface area contributed by atoms with Crippen molar-refractivity contribution in [3.8, 4) is 5.75 Å². The van der Waals surface area contributed by atoms with Gasteiger partial charge in [-0.05, 0) is 25.0 Å². The van der Waals surface area contributed by atoms with Gasteiger partial charge in [0.2, 0.25) is 5.91 Å². The molecular formula is C11H12N2O2. The molecule has 1 heterocycles. The van der Waals surface area contributed by atoms with Crippen LogP contribution in [0.15, 0.2) is 18.2 Å². The van der Waals surface area contributed by atoms with Crippen molar-refractivity contribution in [3.63, 3.8) is 0 Å². The van der Waals surface area contributed by atoms with Gasteiger partial charge in [0, 0.05) is 12.6 Å². The third-order valence-corrected chi connectivity index (χ3v) is 3.20. The molecule has 15 heavy (non-hydrogen) atoms. The summed E-state index contributed by atoms with van der Waals surface area (Å²) in [6.07, 6.45) is 1.90. The number of carbonyl (C=O) groups excluding carboxylic acids is 1. The molecule has 1 aromatic rings. The second kappa shape index (κ2) is 2.66. The SMILES string of the molecule is O=C1Nc2cc(O)ccc2NCC12CC2. The number of phenols is 1. The topological polar surface area (TPSA) is 61.4 Å². The van der Waals surface area contributed by atoms with E-state index in [4.69, 9.17) is 0 Å². The van der Waals surface area contributed by atoms with E-state index in [0.717, 1.165) is 18.5 Å². The van der Waals surface area contributed by atoms with Crippen LogP contribution in [0, 0.1) is 5.41 Å². The molecule has 4 nitrogen and oxygen atoms in total. The predicted molar refractivity (Wildman–Crippen MR) is 56.9 cm³/mol. The third kappa shape index (κ3) is 1.25. The molecule has 0 radical (unpaired) electrons. The van der Waals surface area contributed by atoms with Crippen LogP contribution >= 0.6 is 0 Å². The van der Waals surface area contributed by atoms with Crippen LogP contribution in [0.2, 0.25) is 0 Å². The average Bonchev–Trinajstić information content (AvgIpc) is 2.98. The zero-order valence-corrected chi connectivity index (χ0v) is 8.21. The van der Waals surface area contributed by atoms with Gasteiger partial charge in [0.25, 0.3) is 0 Å². The van der Waals surface area contributed by atoms with Gasteiger partial charge in [-0.3, -0.25) is 4.79 Å². The van der Waals surface area contributed by atoms with Crippen LogP contribution in [0.5, 0.6) is 5.75 Å². The number of fused-ring (bicyclic) bond motifs is 1. The summed E-state index contributed by atoms with van der Waals surface area (Å²) in [5.74, 6) is 0.238. The maximum atomic E-state index is 11.8. The Balaban J connectivity index is 2.00. The summed E-state index contributed by atoms with van der Waals surface area (Å²) in [6.45, 7) is 0.691. The summed E-state index contributed by atoms with van der Waals surface area (Å²) in [4.78, 5) is 11.8. The number of hydrogen-bond acceptors (Lipinski definition) is 3. The standard InChI is InChI=1S/C11H12N2O2/c14-7-1-2-8-9(5-7)13-10(15)11(3-4-11)6-12-8/h1-2,5,12,14H,3-4,6H2,(H,13,15). The Bertz CT molecular complexity index is 438. The Hall–Kier alpha value is -1.71. The van der Waals surface area contributed by atoms with Gasteiger partial charge in [0.05, 0.1) is 16.8 Å². The number of nitrogens with one attached hydrogen (secondary N) is 2. The van der Waals surface area contributed by atoms with E-state index in [-0.39, 0.29) is 17.1 Å². The molecule has 1 aliphatic carbocycles. The molecule has 1 fully saturated rings. The minimum Gasteiger partial charge on any atom is -0.508 e. The summed E-state index contributed by atoms with van der Waals surface area (Å²) in [6, 6.07) is 4.97. The van der Waals surface area contributed by atoms with Crippen LogP contribution in [0.25, 0.3) is 0 Å². The number of phenolic OH excluding ortho intramolecular Hbond substituents is 1. The van der Waals surface area contributed by atoms with Crippen molar-refractivity contribution in [1.82, 2.24) is 0 Å². The molecule has 4 heteroatoms. The molecule has 1 aromatic carbocycles. The van der Waals surface area contributed by atoms with E-state index < -0.39 is 0 Å².